The molecule has 2 aromatic rings. The van der Waals surface area contributed by atoms with Crippen LogP contribution in [0.3, 0.4) is 0 Å². The van der Waals surface area contributed by atoms with Gasteiger partial charge in [0.1, 0.15) is 11.7 Å². The topological polar surface area (TPSA) is 97.1 Å². The van der Waals surface area contributed by atoms with E-state index in [-0.39, 0.29) is 17.1 Å². The number of nitrogens with one attached hydrogen (secondary N) is 1. The molecule has 2 rings (SSSR count). The third-order valence-corrected chi connectivity index (χ3v) is 3.38. The molecule has 116 valence electrons. The normalized spacial score (nSPS) is 11.9. The van der Waals surface area contributed by atoms with Crippen molar-refractivity contribution in [2.75, 3.05) is 0 Å². The second-order valence-electron chi connectivity index (χ2n) is 4.58. The molecule has 0 spiro atoms. The number of halogens is 1. The number of carbonyl (C=O) groups is 2. The number of carboxylic acid groups (broad SMARTS) is 1. The van der Waals surface area contributed by atoms with Gasteiger partial charge in [-0.2, -0.15) is 5.10 Å². The fourth-order valence-electron chi connectivity index (χ4n) is 2.01. The van der Waals surface area contributed by atoms with Gasteiger partial charge in [0.15, 0.2) is 0 Å². The number of carboxylic acids is 1. The molecule has 0 fully saturated rings. The molecule has 1 unspecified atom stereocenters. The van der Waals surface area contributed by atoms with Crippen LogP contribution in [0.25, 0.3) is 0 Å². The highest BCUT2D eigenvalue weighted by atomic mass is 35.5. The van der Waals surface area contributed by atoms with E-state index in [0.717, 1.165) is 5.56 Å². The molecular weight excluding hydrogens is 308 g/mol. The number of rotatable bonds is 6. The van der Waals surface area contributed by atoms with E-state index < -0.39 is 17.9 Å². The first-order valence-electron chi connectivity index (χ1n) is 6.66. The van der Waals surface area contributed by atoms with Gasteiger partial charge in [-0.15, -0.1) is 0 Å². The van der Waals surface area contributed by atoms with Crippen LogP contribution >= 0.6 is 11.6 Å². The Bertz CT molecular complexity index is 672. The van der Waals surface area contributed by atoms with Gasteiger partial charge in [0, 0.05) is 25.4 Å². The van der Waals surface area contributed by atoms with Crippen LogP contribution in [0.5, 0.6) is 0 Å². The van der Waals surface area contributed by atoms with E-state index in [0.29, 0.717) is 6.54 Å². The molecule has 0 radical (unpaired) electrons. The van der Waals surface area contributed by atoms with E-state index in [9.17, 15) is 14.7 Å². The Hall–Kier alpha value is -2.41. The highest BCUT2D eigenvalue weighted by Crippen LogP contribution is 2.15. The molecule has 0 aromatic carbocycles. The zero-order valence-corrected chi connectivity index (χ0v) is 12.6. The molecule has 2 aromatic heterocycles. The molecule has 7 nitrogen and oxygen atoms in total. The number of amides is 1. The van der Waals surface area contributed by atoms with Crippen LogP contribution < -0.4 is 5.32 Å². The Morgan fingerprint density at radius 3 is 2.68 bits per heavy atom. The molecule has 0 aliphatic heterocycles. The summed E-state index contributed by atoms with van der Waals surface area (Å²) in [6.07, 6.45) is 4.65. The maximum absolute atomic E-state index is 12.3. The van der Waals surface area contributed by atoms with Crippen molar-refractivity contribution < 1.29 is 14.7 Å². The Morgan fingerprint density at radius 2 is 2.09 bits per heavy atom. The summed E-state index contributed by atoms with van der Waals surface area (Å²) in [4.78, 5) is 27.5. The summed E-state index contributed by atoms with van der Waals surface area (Å²) >= 11 is 5.94. The van der Waals surface area contributed by atoms with Crippen LogP contribution in [-0.4, -0.2) is 37.8 Å². The molecule has 0 saturated carbocycles. The monoisotopic (exact) mass is 322 g/mol. The Kier molecular flexibility index (Phi) is 5.11. The van der Waals surface area contributed by atoms with Gasteiger partial charge in [0.2, 0.25) is 0 Å². The predicted molar refractivity (Wildman–Crippen MR) is 79.7 cm³/mol. The number of aromatic nitrogens is 3. The van der Waals surface area contributed by atoms with Gasteiger partial charge in [-0.05, 0) is 24.6 Å². The lowest BCUT2D eigenvalue weighted by atomic mass is 10.1. The van der Waals surface area contributed by atoms with Crippen molar-refractivity contribution in [2.24, 2.45) is 0 Å². The van der Waals surface area contributed by atoms with Crippen molar-refractivity contribution >= 4 is 23.5 Å². The maximum Gasteiger partial charge on any atom is 0.326 e. The summed E-state index contributed by atoms with van der Waals surface area (Å²) in [5.74, 6) is -1.69. The molecule has 0 aliphatic carbocycles. The molecule has 8 heteroatoms. The minimum atomic E-state index is -1.12. The van der Waals surface area contributed by atoms with Gasteiger partial charge in [0.25, 0.3) is 5.91 Å². The number of pyridine rings is 1. The van der Waals surface area contributed by atoms with Gasteiger partial charge < -0.3 is 10.4 Å². The third-order valence-electron chi connectivity index (χ3n) is 3.10. The van der Waals surface area contributed by atoms with E-state index in [1.54, 1.807) is 24.5 Å². The van der Waals surface area contributed by atoms with Crippen LogP contribution in [0.1, 0.15) is 23.0 Å². The largest absolute Gasteiger partial charge is 0.480 e. The Morgan fingerprint density at radius 1 is 1.41 bits per heavy atom. The lowest BCUT2D eigenvalue weighted by Gasteiger charge is -2.15. The number of nitrogens with zero attached hydrogens (tertiary/aromatic N) is 3. The maximum atomic E-state index is 12.3. The standard InChI is InChI=1S/C14H15ClN4O3/c1-2-19-12(10(15)8-17-19)13(20)18-11(14(21)22)7-9-3-5-16-6-4-9/h3-6,8,11H,2,7H2,1H3,(H,18,20)(H,21,22). The SMILES string of the molecule is CCn1ncc(Cl)c1C(=O)NC(Cc1ccncc1)C(=O)O. The fraction of sp³-hybridized carbons (Fsp3) is 0.286. The van der Waals surface area contributed by atoms with E-state index in [1.807, 2.05) is 6.92 Å². The molecule has 22 heavy (non-hydrogen) atoms. The number of carbonyl (C=O) groups excluding carboxylic acids is 1. The van der Waals surface area contributed by atoms with Gasteiger partial charge >= 0.3 is 5.97 Å². The van der Waals surface area contributed by atoms with Crippen LogP contribution in [0, 0.1) is 0 Å². The predicted octanol–water partition coefficient (Wildman–Crippen LogP) is 1.38. The highest BCUT2D eigenvalue weighted by molar-refractivity contribution is 6.33. The molecule has 0 aliphatic rings. The van der Waals surface area contributed by atoms with Crippen molar-refractivity contribution in [1.82, 2.24) is 20.1 Å². The zero-order chi connectivity index (χ0) is 16.1. The minimum Gasteiger partial charge on any atom is -0.480 e. The number of hydrogen-bond donors (Lipinski definition) is 2. The zero-order valence-electron chi connectivity index (χ0n) is 11.9. The second kappa shape index (κ2) is 7.04. The average molecular weight is 323 g/mol. The Labute approximate surface area is 131 Å². The molecular formula is C14H15ClN4O3. The van der Waals surface area contributed by atoms with Crippen LogP contribution in [0.4, 0.5) is 0 Å². The quantitative estimate of drug-likeness (QED) is 0.837. The van der Waals surface area contributed by atoms with Gasteiger partial charge in [-0.3, -0.25) is 14.5 Å². The van der Waals surface area contributed by atoms with Crippen molar-refractivity contribution in [2.45, 2.75) is 25.9 Å². The summed E-state index contributed by atoms with van der Waals surface area (Å²) in [6, 6.07) is 2.34. The van der Waals surface area contributed by atoms with Gasteiger partial charge in [0.05, 0.1) is 11.2 Å². The van der Waals surface area contributed by atoms with Gasteiger partial charge in [-0.25, -0.2) is 4.79 Å². The molecule has 0 saturated heterocycles. The molecule has 1 atom stereocenters. The van der Waals surface area contributed by atoms with Crippen molar-refractivity contribution in [3.05, 3.63) is 47.0 Å². The Balaban J connectivity index is 2.16. The summed E-state index contributed by atoms with van der Waals surface area (Å²) in [5.41, 5.74) is 0.919. The minimum absolute atomic E-state index is 0.154. The first-order chi connectivity index (χ1) is 10.5. The highest BCUT2D eigenvalue weighted by Gasteiger charge is 2.24. The van der Waals surface area contributed by atoms with Crippen LogP contribution in [-0.2, 0) is 17.8 Å². The summed E-state index contributed by atoms with van der Waals surface area (Å²) in [6.45, 7) is 2.27. The number of hydrogen-bond acceptors (Lipinski definition) is 4. The summed E-state index contributed by atoms with van der Waals surface area (Å²) in [7, 11) is 0. The first kappa shape index (κ1) is 16.0. The van der Waals surface area contributed by atoms with E-state index >= 15 is 0 Å². The molecule has 2 heterocycles. The lowest BCUT2D eigenvalue weighted by Crippen LogP contribution is -2.43. The van der Waals surface area contributed by atoms with Gasteiger partial charge in [-0.1, -0.05) is 11.6 Å². The van der Waals surface area contributed by atoms with Crippen molar-refractivity contribution in [3.8, 4) is 0 Å². The lowest BCUT2D eigenvalue weighted by molar-refractivity contribution is -0.139. The fourth-order valence-corrected chi connectivity index (χ4v) is 2.24. The van der Waals surface area contributed by atoms with Crippen molar-refractivity contribution in [3.63, 3.8) is 0 Å². The van der Waals surface area contributed by atoms with Crippen LogP contribution in [0.15, 0.2) is 30.7 Å². The van der Waals surface area contributed by atoms with E-state index in [2.05, 4.69) is 15.4 Å². The van der Waals surface area contributed by atoms with E-state index in [1.165, 1.54) is 10.9 Å². The number of aliphatic carboxylic acids is 1. The van der Waals surface area contributed by atoms with Crippen molar-refractivity contribution in [1.29, 1.82) is 0 Å². The van der Waals surface area contributed by atoms with Crippen LogP contribution in [0.2, 0.25) is 5.02 Å². The smallest absolute Gasteiger partial charge is 0.326 e. The molecule has 0 bridgehead atoms. The summed E-state index contributed by atoms with van der Waals surface area (Å²) in [5, 5.41) is 15.9. The second-order valence-corrected chi connectivity index (χ2v) is 4.99. The molecule has 2 N–H and O–H groups in total. The third kappa shape index (κ3) is 3.62. The summed E-state index contributed by atoms with van der Waals surface area (Å²) < 4.78 is 1.42. The average Bonchev–Trinajstić information content (AvgIpc) is 2.88. The first-order valence-corrected chi connectivity index (χ1v) is 7.04. The molecule has 1 amide bonds. The number of aryl methyl sites for hydroxylation is 1. The van der Waals surface area contributed by atoms with E-state index in [4.69, 9.17) is 11.6 Å².